The molecule has 6 nitrogen and oxygen atoms in total. The average molecular weight is 236 g/mol. The van der Waals surface area contributed by atoms with E-state index in [2.05, 4.69) is 10.3 Å². The van der Waals surface area contributed by atoms with Crippen LogP contribution in [0.15, 0.2) is 18.2 Å². The van der Waals surface area contributed by atoms with Gasteiger partial charge in [0.15, 0.2) is 5.69 Å². The van der Waals surface area contributed by atoms with Crippen molar-refractivity contribution in [3.63, 3.8) is 0 Å². The van der Waals surface area contributed by atoms with E-state index in [1.807, 2.05) is 0 Å². The normalized spacial score (nSPS) is 18.9. The first kappa shape index (κ1) is 11.5. The third-order valence-corrected chi connectivity index (χ3v) is 2.44. The number of carbonyl (C=O) groups excluding carboxylic acids is 1. The second-order valence-corrected chi connectivity index (χ2v) is 3.70. The van der Waals surface area contributed by atoms with Gasteiger partial charge in [-0.1, -0.05) is 6.07 Å². The van der Waals surface area contributed by atoms with E-state index in [1.165, 1.54) is 12.1 Å². The summed E-state index contributed by atoms with van der Waals surface area (Å²) in [5, 5.41) is 11.3. The van der Waals surface area contributed by atoms with E-state index in [-0.39, 0.29) is 17.4 Å². The van der Waals surface area contributed by atoms with Gasteiger partial charge in [0.05, 0.1) is 0 Å². The van der Waals surface area contributed by atoms with Crippen LogP contribution < -0.4 is 5.32 Å². The third-order valence-electron chi connectivity index (χ3n) is 2.44. The maximum absolute atomic E-state index is 11.7. The Balaban J connectivity index is 2.05. The molecule has 1 unspecified atom stereocenters. The van der Waals surface area contributed by atoms with Crippen LogP contribution in [0.4, 0.5) is 5.82 Å². The molecule has 1 saturated heterocycles. The highest BCUT2D eigenvalue weighted by Crippen LogP contribution is 2.14. The maximum Gasteiger partial charge on any atom is 0.354 e. The first-order valence-electron chi connectivity index (χ1n) is 5.29. The Labute approximate surface area is 97.6 Å². The first-order chi connectivity index (χ1) is 8.16. The predicted octanol–water partition coefficient (Wildman–Crippen LogP) is 0.897. The van der Waals surface area contributed by atoms with Crippen LogP contribution in [0.25, 0.3) is 0 Å². The second-order valence-electron chi connectivity index (χ2n) is 3.70. The molecule has 0 saturated carbocycles. The predicted molar refractivity (Wildman–Crippen MR) is 58.8 cm³/mol. The van der Waals surface area contributed by atoms with E-state index in [4.69, 9.17) is 9.84 Å². The monoisotopic (exact) mass is 236 g/mol. The van der Waals surface area contributed by atoms with Crippen LogP contribution in [0.5, 0.6) is 0 Å². The number of nitrogens with zero attached hydrogens (tertiary/aromatic N) is 1. The summed E-state index contributed by atoms with van der Waals surface area (Å²) in [5.74, 6) is -1.18. The molecule has 2 rings (SSSR count). The molecule has 17 heavy (non-hydrogen) atoms. The fourth-order valence-corrected chi connectivity index (χ4v) is 1.61. The van der Waals surface area contributed by atoms with E-state index in [0.717, 1.165) is 6.42 Å². The number of hydrogen-bond donors (Lipinski definition) is 2. The summed E-state index contributed by atoms with van der Waals surface area (Å²) in [6.45, 7) is 0.584. The fraction of sp³-hybridized carbons (Fsp3) is 0.364. The van der Waals surface area contributed by atoms with Crippen molar-refractivity contribution in [3.05, 3.63) is 23.9 Å². The number of pyridine rings is 1. The van der Waals surface area contributed by atoms with Gasteiger partial charge in [-0.05, 0) is 25.0 Å². The molecule has 6 heteroatoms. The number of hydrogen-bond acceptors (Lipinski definition) is 4. The lowest BCUT2D eigenvalue weighted by atomic mass is 10.2. The zero-order chi connectivity index (χ0) is 12.3. The highest BCUT2D eigenvalue weighted by Gasteiger charge is 2.23. The van der Waals surface area contributed by atoms with Gasteiger partial charge < -0.3 is 15.2 Å². The summed E-state index contributed by atoms with van der Waals surface area (Å²) in [5.41, 5.74) is -0.102. The molecule has 1 aromatic heterocycles. The molecule has 0 aromatic carbocycles. The molecule has 1 atom stereocenters. The molecular formula is C11H12N2O4. The van der Waals surface area contributed by atoms with Crippen molar-refractivity contribution < 1.29 is 19.4 Å². The summed E-state index contributed by atoms with van der Waals surface area (Å²) in [6, 6.07) is 4.44. The summed E-state index contributed by atoms with van der Waals surface area (Å²) < 4.78 is 5.21. The topological polar surface area (TPSA) is 88.5 Å². The number of nitrogens with one attached hydrogen (secondary N) is 1. The highest BCUT2D eigenvalue weighted by molar-refractivity contribution is 5.94. The zero-order valence-electron chi connectivity index (χ0n) is 9.05. The zero-order valence-corrected chi connectivity index (χ0v) is 9.05. The molecule has 1 fully saturated rings. The molecule has 2 heterocycles. The van der Waals surface area contributed by atoms with Gasteiger partial charge >= 0.3 is 5.97 Å². The molecule has 90 valence electrons. The van der Waals surface area contributed by atoms with Crippen molar-refractivity contribution in [2.24, 2.45) is 0 Å². The number of rotatable bonds is 3. The molecule has 0 bridgehead atoms. The lowest BCUT2D eigenvalue weighted by Gasteiger charge is -2.09. The van der Waals surface area contributed by atoms with E-state index in [1.54, 1.807) is 6.07 Å². The van der Waals surface area contributed by atoms with Crippen molar-refractivity contribution >= 4 is 17.7 Å². The van der Waals surface area contributed by atoms with Crippen molar-refractivity contribution in [1.29, 1.82) is 0 Å². The van der Waals surface area contributed by atoms with Crippen LogP contribution in [0.3, 0.4) is 0 Å². The quantitative estimate of drug-likeness (QED) is 0.813. The minimum absolute atomic E-state index is 0.102. The minimum Gasteiger partial charge on any atom is -0.477 e. The van der Waals surface area contributed by atoms with Gasteiger partial charge in [0.2, 0.25) is 0 Å². The van der Waals surface area contributed by atoms with Crippen LogP contribution in [0, 0.1) is 0 Å². The molecule has 0 aliphatic carbocycles. The third kappa shape index (κ3) is 2.79. The SMILES string of the molecule is O=C(O)c1cccc(NC(=O)C2CCCO2)n1. The molecule has 2 N–H and O–H groups in total. The van der Waals surface area contributed by atoms with E-state index in [9.17, 15) is 9.59 Å². The van der Waals surface area contributed by atoms with Crippen LogP contribution in [0.2, 0.25) is 0 Å². The second kappa shape index (κ2) is 4.92. The fourth-order valence-electron chi connectivity index (χ4n) is 1.61. The molecule has 1 aliphatic rings. The number of ether oxygens (including phenoxy) is 1. The Morgan fingerprint density at radius 1 is 1.47 bits per heavy atom. The smallest absolute Gasteiger partial charge is 0.354 e. The lowest BCUT2D eigenvalue weighted by Crippen LogP contribution is -2.27. The van der Waals surface area contributed by atoms with E-state index < -0.39 is 12.1 Å². The number of amides is 1. The largest absolute Gasteiger partial charge is 0.477 e. The summed E-state index contributed by atoms with van der Waals surface area (Å²) in [6.07, 6.45) is 1.09. The highest BCUT2D eigenvalue weighted by atomic mass is 16.5. The van der Waals surface area contributed by atoms with Crippen LogP contribution >= 0.6 is 0 Å². The summed E-state index contributed by atoms with van der Waals surface area (Å²) >= 11 is 0. The van der Waals surface area contributed by atoms with Gasteiger partial charge in [-0.25, -0.2) is 9.78 Å². The van der Waals surface area contributed by atoms with Gasteiger partial charge in [0, 0.05) is 6.61 Å². The van der Waals surface area contributed by atoms with E-state index in [0.29, 0.717) is 13.0 Å². The minimum atomic E-state index is -1.13. The van der Waals surface area contributed by atoms with Crippen LogP contribution in [0.1, 0.15) is 23.3 Å². The van der Waals surface area contributed by atoms with Crippen molar-refractivity contribution in [2.45, 2.75) is 18.9 Å². The van der Waals surface area contributed by atoms with Crippen molar-refractivity contribution in [3.8, 4) is 0 Å². The van der Waals surface area contributed by atoms with Gasteiger partial charge in [0.25, 0.3) is 5.91 Å². The Kier molecular flexibility index (Phi) is 3.34. The molecule has 1 aromatic rings. The summed E-state index contributed by atoms with van der Waals surface area (Å²) in [4.78, 5) is 26.2. The molecule has 0 spiro atoms. The number of carbonyl (C=O) groups is 2. The number of anilines is 1. The number of carboxylic acid groups (broad SMARTS) is 1. The average Bonchev–Trinajstić information content (AvgIpc) is 2.82. The van der Waals surface area contributed by atoms with Crippen LogP contribution in [-0.4, -0.2) is 34.7 Å². The molecule has 1 amide bonds. The Hall–Kier alpha value is -1.95. The standard InChI is InChI=1S/C11H12N2O4/c14-10(8-4-2-6-17-8)13-9-5-1-3-7(12-9)11(15)16/h1,3,5,8H,2,4,6H2,(H,15,16)(H,12,13,14). The molecule has 0 radical (unpaired) electrons. The van der Waals surface area contributed by atoms with E-state index >= 15 is 0 Å². The van der Waals surface area contributed by atoms with Gasteiger partial charge in [-0.2, -0.15) is 0 Å². The molecular weight excluding hydrogens is 224 g/mol. The van der Waals surface area contributed by atoms with Crippen molar-refractivity contribution in [2.75, 3.05) is 11.9 Å². The van der Waals surface area contributed by atoms with Gasteiger partial charge in [-0.15, -0.1) is 0 Å². The summed E-state index contributed by atoms with van der Waals surface area (Å²) in [7, 11) is 0. The molecule has 1 aliphatic heterocycles. The maximum atomic E-state index is 11.7. The van der Waals surface area contributed by atoms with Crippen molar-refractivity contribution in [1.82, 2.24) is 4.98 Å². The first-order valence-corrected chi connectivity index (χ1v) is 5.29. The number of aromatic nitrogens is 1. The Bertz CT molecular complexity index is 441. The lowest BCUT2D eigenvalue weighted by molar-refractivity contribution is -0.124. The van der Waals surface area contributed by atoms with Gasteiger partial charge in [0.1, 0.15) is 11.9 Å². The Morgan fingerprint density at radius 3 is 2.94 bits per heavy atom. The Morgan fingerprint density at radius 2 is 2.29 bits per heavy atom. The van der Waals surface area contributed by atoms with Gasteiger partial charge in [-0.3, -0.25) is 4.79 Å². The number of carboxylic acids is 1. The number of aromatic carboxylic acids is 1. The van der Waals surface area contributed by atoms with Crippen LogP contribution in [-0.2, 0) is 9.53 Å².